The standard InChI is InChI=1S/C18H24NO2P/c1-15(2)14-21-22(3,20)18(16-10-6-4-7-11-16)19-17-12-8-5-9-13-17/h4-13,15,18-19H,14H2,1-3H3. The molecule has 0 saturated carbocycles. The minimum Gasteiger partial charge on any atom is -0.370 e. The van der Waals surface area contributed by atoms with E-state index in [1.165, 1.54) is 0 Å². The van der Waals surface area contributed by atoms with Gasteiger partial charge in [-0.05, 0) is 23.6 Å². The van der Waals surface area contributed by atoms with E-state index in [-0.39, 0.29) is 5.78 Å². The van der Waals surface area contributed by atoms with Crippen LogP contribution in [0.1, 0.15) is 25.2 Å². The van der Waals surface area contributed by atoms with Crippen molar-refractivity contribution in [1.29, 1.82) is 0 Å². The van der Waals surface area contributed by atoms with Gasteiger partial charge in [-0.2, -0.15) is 0 Å². The molecule has 0 radical (unpaired) electrons. The summed E-state index contributed by atoms with van der Waals surface area (Å²) in [5, 5.41) is 3.37. The van der Waals surface area contributed by atoms with Crippen LogP contribution in [0, 0.1) is 5.92 Å². The highest BCUT2D eigenvalue weighted by molar-refractivity contribution is 7.58. The van der Waals surface area contributed by atoms with Gasteiger partial charge in [0.2, 0.25) is 7.37 Å². The summed E-state index contributed by atoms with van der Waals surface area (Å²) >= 11 is 0. The van der Waals surface area contributed by atoms with Crippen molar-refractivity contribution in [1.82, 2.24) is 0 Å². The van der Waals surface area contributed by atoms with Gasteiger partial charge in [0.15, 0.2) is 0 Å². The Labute approximate surface area is 133 Å². The van der Waals surface area contributed by atoms with Crippen molar-refractivity contribution in [3.63, 3.8) is 0 Å². The molecule has 0 amide bonds. The van der Waals surface area contributed by atoms with E-state index in [1.54, 1.807) is 6.66 Å². The third-order valence-electron chi connectivity index (χ3n) is 3.33. The first-order valence-electron chi connectivity index (χ1n) is 7.57. The van der Waals surface area contributed by atoms with Crippen molar-refractivity contribution in [3.05, 3.63) is 66.2 Å². The number of rotatable bonds is 7. The third-order valence-corrected chi connectivity index (χ3v) is 5.35. The van der Waals surface area contributed by atoms with Crippen molar-refractivity contribution >= 4 is 13.1 Å². The van der Waals surface area contributed by atoms with E-state index in [9.17, 15) is 4.57 Å². The summed E-state index contributed by atoms with van der Waals surface area (Å²) in [5.74, 6) is -0.00345. The summed E-state index contributed by atoms with van der Waals surface area (Å²) in [4.78, 5) is 0. The fourth-order valence-corrected chi connectivity index (χ4v) is 4.01. The number of para-hydroxylation sites is 1. The van der Waals surface area contributed by atoms with Gasteiger partial charge in [0, 0.05) is 12.4 Å². The van der Waals surface area contributed by atoms with E-state index in [0.717, 1.165) is 11.3 Å². The molecule has 0 aromatic heterocycles. The quantitative estimate of drug-likeness (QED) is 0.697. The zero-order valence-electron chi connectivity index (χ0n) is 13.4. The SMILES string of the molecule is CC(C)COP(C)(=O)C(Nc1ccccc1)c1ccccc1. The smallest absolute Gasteiger partial charge is 0.226 e. The molecule has 22 heavy (non-hydrogen) atoms. The zero-order chi connectivity index (χ0) is 16.0. The first-order chi connectivity index (χ1) is 10.5. The van der Waals surface area contributed by atoms with Gasteiger partial charge in [-0.1, -0.05) is 62.4 Å². The summed E-state index contributed by atoms with van der Waals surface area (Å²) in [6.07, 6.45) is 0. The molecule has 0 saturated heterocycles. The lowest BCUT2D eigenvalue weighted by molar-refractivity contribution is 0.269. The van der Waals surface area contributed by atoms with Crippen LogP contribution in [-0.4, -0.2) is 13.3 Å². The maximum absolute atomic E-state index is 13.1. The Morgan fingerprint density at radius 3 is 2.09 bits per heavy atom. The minimum atomic E-state index is -2.86. The van der Waals surface area contributed by atoms with Gasteiger partial charge in [-0.15, -0.1) is 0 Å². The number of anilines is 1. The summed E-state index contributed by atoms with van der Waals surface area (Å²) in [6.45, 7) is 6.32. The first-order valence-corrected chi connectivity index (χ1v) is 9.71. The number of nitrogens with one attached hydrogen (secondary N) is 1. The predicted octanol–water partition coefficient (Wildman–Crippen LogP) is 5.38. The second-order valence-corrected chi connectivity index (χ2v) is 8.51. The van der Waals surface area contributed by atoms with Gasteiger partial charge < -0.3 is 9.84 Å². The van der Waals surface area contributed by atoms with E-state index in [2.05, 4.69) is 19.2 Å². The second kappa shape index (κ2) is 7.62. The van der Waals surface area contributed by atoms with Crippen LogP contribution in [0.5, 0.6) is 0 Å². The summed E-state index contributed by atoms with van der Waals surface area (Å²) in [6, 6.07) is 19.7. The maximum Gasteiger partial charge on any atom is 0.226 e. The van der Waals surface area contributed by atoms with Crippen LogP contribution in [0.4, 0.5) is 5.69 Å². The molecule has 2 rings (SSSR count). The molecule has 0 spiro atoms. The molecular weight excluding hydrogens is 293 g/mol. The van der Waals surface area contributed by atoms with Crippen LogP contribution in [0.25, 0.3) is 0 Å². The topological polar surface area (TPSA) is 38.3 Å². The number of hydrogen-bond donors (Lipinski definition) is 1. The molecule has 0 bridgehead atoms. The molecule has 0 aliphatic rings. The van der Waals surface area contributed by atoms with Gasteiger partial charge in [-0.3, -0.25) is 4.57 Å². The molecule has 1 N–H and O–H groups in total. The van der Waals surface area contributed by atoms with Crippen molar-refractivity contribution < 1.29 is 9.09 Å². The fourth-order valence-electron chi connectivity index (χ4n) is 2.17. The van der Waals surface area contributed by atoms with Crippen LogP contribution < -0.4 is 5.32 Å². The van der Waals surface area contributed by atoms with Crippen LogP contribution in [-0.2, 0) is 9.09 Å². The van der Waals surface area contributed by atoms with Crippen molar-refractivity contribution in [2.45, 2.75) is 19.6 Å². The number of hydrogen-bond acceptors (Lipinski definition) is 3. The lowest BCUT2D eigenvalue weighted by Gasteiger charge is -2.27. The Balaban J connectivity index is 2.27. The maximum atomic E-state index is 13.1. The highest BCUT2D eigenvalue weighted by Gasteiger charge is 2.31. The predicted molar refractivity (Wildman–Crippen MR) is 93.6 cm³/mol. The molecule has 2 unspecified atom stereocenters. The van der Waals surface area contributed by atoms with Crippen molar-refractivity contribution in [3.8, 4) is 0 Å². The molecular formula is C18H24NO2P. The Hall–Kier alpha value is -1.57. The van der Waals surface area contributed by atoms with Crippen LogP contribution in [0.3, 0.4) is 0 Å². The van der Waals surface area contributed by atoms with Gasteiger partial charge in [-0.25, -0.2) is 0 Å². The molecule has 0 fully saturated rings. The number of benzene rings is 2. The fraction of sp³-hybridized carbons (Fsp3) is 0.333. The third kappa shape index (κ3) is 4.72. The Morgan fingerprint density at radius 2 is 1.55 bits per heavy atom. The van der Waals surface area contributed by atoms with Crippen LogP contribution in [0.2, 0.25) is 0 Å². The highest BCUT2D eigenvalue weighted by atomic mass is 31.2. The normalized spacial score (nSPS) is 15.3. The van der Waals surface area contributed by atoms with Gasteiger partial charge in [0.1, 0.15) is 5.78 Å². The molecule has 2 aromatic carbocycles. The van der Waals surface area contributed by atoms with Crippen LogP contribution in [0.15, 0.2) is 60.7 Å². The van der Waals surface area contributed by atoms with Gasteiger partial charge in [0.05, 0.1) is 6.61 Å². The van der Waals surface area contributed by atoms with E-state index >= 15 is 0 Å². The molecule has 3 nitrogen and oxygen atoms in total. The van der Waals surface area contributed by atoms with Gasteiger partial charge in [0.25, 0.3) is 0 Å². The molecule has 0 aliphatic carbocycles. The van der Waals surface area contributed by atoms with Crippen LogP contribution >= 0.6 is 7.37 Å². The van der Waals surface area contributed by atoms with E-state index in [1.807, 2.05) is 60.7 Å². The molecule has 118 valence electrons. The van der Waals surface area contributed by atoms with Crippen molar-refractivity contribution in [2.24, 2.45) is 5.92 Å². The van der Waals surface area contributed by atoms with E-state index < -0.39 is 7.37 Å². The zero-order valence-corrected chi connectivity index (χ0v) is 14.3. The van der Waals surface area contributed by atoms with E-state index in [4.69, 9.17) is 4.52 Å². The van der Waals surface area contributed by atoms with E-state index in [0.29, 0.717) is 12.5 Å². The highest BCUT2D eigenvalue weighted by Crippen LogP contribution is 2.57. The summed E-state index contributed by atoms with van der Waals surface area (Å²) < 4.78 is 18.9. The Bertz CT molecular complexity index is 613. The molecule has 2 aromatic rings. The largest absolute Gasteiger partial charge is 0.370 e. The average molecular weight is 317 g/mol. The lowest BCUT2D eigenvalue weighted by Crippen LogP contribution is -2.14. The Kier molecular flexibility index (Phi) is 5.82. The Morgan fingerprint density at radius 1 is 1.00 bits per heavy atom. The lowest BCUT2D eigenvalue weighted by atomic mass is 10.2. The molecule has 0 aliphatic heterocycles. The van der Waals surface area contributed by atoms with Crippen molar-refractivity contribution in [2.75, 3.05) is 18.6 Å². The average Bonchev–Trinajstić information content (AvgIpc) is 2.52. The monoisotopic (exact) mass is 317 g/mol. The minimum absolute atomic E-state index is 0.349. The molecule has 0 heterocycles. The second-order valence-electron chi connectivity index (χ2n) is 5.92. The molecule has 4 heteroatoms. The molecule has 2 atom stereocenters. The summed E-state index contributed by atoms with van der Waals surface area (Å²) in [7, 11) is -2.86. The first kappa shape index (κ1) is 16.8. The van der Waals surface area contributed by atoms with Gasteiger partial charge >= 0.3 is 0 Å². The summed E-state index contributed by atoms with van der Waals surface area (Å²) in [5.41, 5.74) is 1.91.